The zero-order chi connectivity index (χ0) is 17.8. The molecule has 0 heterocycles. The van der Waals surface area contributed by atoms with Gasteiger partial charge in [-0.2, -0.15) is 0 Å². The molecule has 0 bridgehead atoms. The van der Waals surface area contributed by atoms with E-state index in [1.807, 2.05) is 0 Å². The average Bonchev–Trinajstić information content (AvgIpc) is 3.14. The van der Waals surface area contributed by atoms with Gasteiger partial charge in [-0.05, 0) is 0 Å². The van der Waals surface area contributed by atoms with Gasteiger partial charge < -0.3 is 24.8 Å². The molecule has 4 heteroatoms. The number of rotatable bonds is 2. The molecule has 0 aliphatic heterocycles. The fourth-order valence-electron chi connectivity index (χ4n) is 4.93. The van der Waals surface area contributed by atoms with Gasteiger partial charge >= 0.3 is 173 Å². The summed E-state index contributed by atoms with van der Waals surface area (Å²) >= 11 is 1.62. The molecule has 28 heavy (non-hydrogen) atoms. The summed E-state index contributed by atoms with van der Waals surface area (Å²) in [7, 11) is -0.947. The molecule has 0 amide bonds. The van der Waals surface area contributed by atoms with Gasteiger partial charge in [0.1, 0.15) is 0 Å². The molecule has 0 radical (unpaired) electrons. The molecule has 0 aromatic heterocycles. The van der Waals surface area contributed by atoms with Gasteiger partial charge in [0.2, 0.25) is 0 Å². The maximum absolute atomic E-state index is 2.49. The zero-order valence-electron chi connectivity index (χ0n) is 15.9. The van der Waals surface area contributed by atoms with E-state index < -0.39 is 8.80 Å². The molecule has 0 saturated carbocycles. The summed E-state index contributed by atoms with van der Waals surface area (Å²) in [6, 6.07) is 27.3. The monoisotopic (exact) mass is 497 g/mol. The van der Waals surface area contributed by atoms with Crippen LogP contribution in [0.3, 0.4) is 0 Å². The van der Waals surface area contributed by atoms with Crippen molar-refractivity contribution in [1.82, 2.24) is 0 Å². The Morgan fingerprint density at radius 2 is 1.07 bits per heavy atom. The van der Waals surface area contributed by atoms with Crippen LogP contribution in [0.1, 0.15) is 31.8 Å². The average molecular weight is 500 g/mol. The molecular weight excluding hydrogens is 478 g/mol. The number of hydrogen-bond acceptors (Lipinski definition) is 0. The number of allylic oxidation sites excluding steroid dienone is 1. The largest absolute Gasteiger partial charge is 1.00 e. The molecule has 3 aromatic rings. The van der Waals surface area contributed by atoms with E-state index in [2.05, 4.69) is 85.9 Å². The van der Waals surface area contributed by atoms with Crippen LogP contribution >= 0.6 is 0 Å². The van der Waals surface area contributed by atoms with Crippen LogP contribution < -0.4 is 24.8 Å². The molecule has 1 atom stereocenters. The minimum Gasteiger partial charge on any atom is -1.00 e. The van der Waals surface area contributed by atoms with Gasteiger partial charge in [0.05, 0.1) is 0 Å². The smallest absolute Gasteiger partial charge is 1.00 e. The third kappa shape index (κ3) is 3.14. The standard InChI is InChI=1S/C24H21Si.2ClH.Zr/c1-25(2)24-17-10-4-3-9-16(17)15-22(24)23-20-13-7-5-11-18(20)19-12-6-8-14-21(19)23;;;/h3-15,23,25H,1-2H3;2*1H;/q;;;+2/p-2. The van der Waals surface area contributed by atoms with Crippen LogP contribution in [0.2, 0.25) is 13.1 Å². The fourth-order valence-corrected chi connectivity index (χ4v) is 8.63. The Labute approximate surface area is 196 Å². The number of benzene rings is 3. The summed E-state index contributed by atoms with van der Waals surface area (Å²) in [5, 5.41) is 1.72. The van der Waals surface area contributed by atoms with Crippen molar-refractivity contribution < 1.29 is 49.5 Å². The Hall–Kier alpha value is -0.920. The van der Waals surface area contributed by atoms with Crippen molar-refractivity contribution in [2.75, 3.05) is 0 Å². The SMILES string of the molecule is C[SiH](C)C1=C(C2c3ccccc3-c3ccccc32)[CH]([Zr+2])c2ccccc21.[Cl-].[Cl-]. The Morgan fingerprint density at radius 1 is 0.643 bits per heavy atom. The first-order valence-corrected chi connectivity index (χ1v) is 13.7. The van der Waals surface area contributed by atoms with Crippen molar-refractivity contribution in [1.29, 1.82) is 0 Å². The van der Waals surface area contributed by atoms with Crippen LogP contribution in [0, 0.1) is 0 Å². The van der Waals surface area contributed by atoms with Crippen LogP contribution in [-0.2, 0) is 24.7 Å². The van der Waals surface area contributed by atoms with Crippen molar-refractivity contribution in [2.45, 2.75) is 22.6 Å². The fraction of sp³-hybridized carbons (Fsp3) is 0.167. The van der Waals surface area contributed by atoms with Crippen molar-refractivity contribution in [3.63, 3.8) is 0 Å². The van der Waals surface area contributed by atoms with Crippen LogP contribution in [0.25, 0.3) is 16.3 Å². The summed E-state index contributed by atoms with van der Waals surface area (Å²) in [6.07, 6.45) is 0. The molecule has 0 saturated heterocycles. The van der Waals surface area contributed by atoms with Crippen LogP contribution in [0.15, 0.2) is 78.4 Å². The van der Waals surface area contributed by atoms with E-state index >= 15 is 0 Å². The van der Waals surface area contributed by atoms with Gasteiger partial charge in [0.15, 0.2) is 0 Å². The zero-order valence-corrected chi connectivity index (χ0v) is 21.0. The molecule has 139 valence electrons. The molecule has 1 unspecified atom stereocenters. The molecular formula is C24H21Cl2SiZr. The number of halogens is 2. The van der Waals surface area contributed by atoms with Gasteiger partial charge in [-0.3, -0.25) is 0 Å². The van der Waals surface area contributed by atoms with Gasteiger partial charge in [-0.1, -0.05) is 0 Å². The van der Waals surface area contributed by atoms with Crippen molar-refractivity contribution in [3.8, 4) is 11.1 Å². The summed E-state index contributed by atoms with van der Waals surface area (Å²) in [6.45, 7) is 4.99. The van der Waals surface area contributed by atoms with E-state index in [4.69, 9.17) is 0 Å². The van der Waals surface area contributed by atoms with Crippen molar-refractivity contribution >= 4 is 14.0 Å². The van der Waals surface area contributed by atoms with Gasteiger partial charge in [0.25, 0.3) is 0 Å². The van der Waals surface area contributed by atoms with Crippen LogP contribution in [0.4, 0.5) is 0 Å². The summed E-state index contributed by atoms with van der Waals surface area (Å²) in [4.78, 5) is 0. The first-order valence-electron chi connectivity index (χ1n) is 9.41. The maximum Gasteiger partial charge on any atom is -1.00 e. The van der Waals surface area contributed by atoms with E-state index in [1.54, 1.807) is 46.6 Å². The van der Waals surface area contributed by atoms with E-state index in [-0.39, 0.29) is 24.8 Å². The second-order valence-electron chi connectivity index (χ2n) is 7.65. The summed E-state index contributed by atoms with van der Waals surface area (Å²) in [5.74, 6) is 0.434. The Balaban J connectivity index is 0.00000112. The van der Waals surface area contributed by atoms with Gasteiger partial charge in [-0.15, -0.1) is 0 Å². The molecule has 0 N–H and O–H groups in total. The van der Waals surface area contributed by atoms with Gasteiger partial charge in [-0.25, -0.2) is 0 Å². The summed E-state index contributed by atoms with van der Waals surface area (Å²) < 4.78 is 0.590. The van der Waals surface area contributed by atoms with E-state index in [0.29, 0.717) is 9.54 Å². The van der Waals surface area contributed by atoms with E-state index in [0.717, 1.165) is 0 Å². The van der Waals surface area contributed by atoms with Crippen LogP contribution in [0.5, 0.6) is 0 Å². The molecule has 3 aromatic carbocycles. The van der Waals surface area contributed by atoms with E-state index in [1.165, 1.54) is 22.3 Å². The maximum atomic E-state index is 2.49. The van der Waals surface area contributed by atoms with E-state index in [9.17, 15) is 0 Å². The minimum absolute atomic E-state index is 0. The van der Waals surface area contributed by atoms with Crippen molar-refractivity contribution in [3.05, 3.63) is 101 Å². The molecule has 0 nitrogen and oxygen atoms in total. The normalized spacial score (nSPS) is 17.0. The third-order valence-electron chi connectivity index (χ3n) is 5.91. The molecule has 0 spiro atoms. The third-order valence-corrected chi connectivity index (χ3v) is 9.23. The quantitative estimate of drug-likeness (QED) is 0.432. The van der Waals surface area contributed by atoms with Gasteiger partial charge in [0, 0.05) is 0 Å². The molecule has 2 aliphatic rings. The summed E-state index contributed by atoms with van der Waals surface area (Å²) in [5.41, 5.74) is 10.7. The molecule has 2 aliphatic carbocycles. The Bertz CT molecular complexity index is 1010. The Kier molecular flexibility index (Phi) is 6.57. The second kappa shape index (κ2) is 8.44. The first-order chi connectivity index (χ1) is 12.7. The minimum atomic E-state index is -0.947. The predicted octanol–water partition coefficient (Wildman–Crippen LogP) is -0.112. The second-order valence-corrected chi connectivity index (χ2v) is 12.0. The van der Waals surface area contributed by atoms with Crippen molar-refractivity contribution in [2.24, 2.45) is 0 Å². The molecule has 5 rings (SSSR count). The predicted molar refractivity (Wildman–Crippen MR) is 109 cm³/mol. The number of fused-ring (bicyclic) bond motifs is 4. The van der Waals surface area contributed by atoms with Crippen LogP contribution in [-0.4, -0.2) is 8.80 Å². The Morgan fingerprint density at radius 3 is 1.57 bits per heavy atom. The topological polar surface area (TPSA) is 0 Å². The first kappa shape index (κ1) is 21.8. The molecule has 0 fully saturated rings. The number of hydrogen-bond donors (Lipinski definition) is 0.